The van der Waals surface area contributed by atoms with Crippen molar-refractivity contribution in [2.45, 2.75) is 31.9 Å². The van der Waals surface area contributed by atoms with Gasteiger partial charge >= 0.3 is 6.03 Å². The summed E-state index contributed by atoms with van der Waals surface area (Å²) < 4.78 is 5.70. The first-order valence-corrected chi connectivity index (χ1v) is 8.51. The van der Waals surface area contributed by atoms with Crippen molar-refractivity contribution in [2.75, 3.05) is 11.4 Å². The Bertz CT molecular complexity index is 752. The predicted molar refractivity (Wildman–Crippen MR) is 92.2 cm³/mol. The number of hydrogen-bond acceptors (Lipinski definition) is 4. The maximum Gasteiger partial charge on any atom is 0.333 e. The number of rotatable bonds is 4. The fraction of sp³-hybridized carbons (Fsp3) is 0.316. The van der Waals surface area contributed by atoms with E-state index in [1.165, 1.54) is 4.90 Å². The highest BCUT2D eigenvalue weighted by molar-refractivity contribution is 6.20. The van der Waals surface area contributed by atoms with Gasteiger partial charge in [-0.2, -0.15) is 0 Å². The van der Waals surface area contributed by atoms with Gasteiger partial charge in [-0.05, 0) is 37.0 Å². The number of carbonyl (C=O) groups is 2. The lowest BCUT2D eigenvalue weighted by Crippen LogP contribution is -2.39. The van der Waals surface area contributed by atoms with Gasteiger partial charge in [0.15, 0.2) is 0 Å². The second-order valence-corrected chi connectivity index (χ2v) is 6.29. The number of pyridine rings is 1. The van der Waals surface area contributed by atoms with E-state index in [1.54, 1.807) is 23.2 Å². The lowest BCUT2D eigenvalue weighted by Gasteiger charge is -2.25. The van der Waals surface area contributed by atoms with Crippen LogP contribution in [0.4, 0.5) is 10.6 Å². The molecule has 2 fully saturated rings. The number of ether oxygens (including phenoxy) is 1. The van der Waals surface area contributed by atoms with Crippen molar-refractivity contribution in [1.82, 2.24) is 9.88 Å². The van der Waals surface area contributed by atoms with Gasteiger partial charge in [-0.25, -0.2) is 14.7 Å². The molecular weight excluding hydrogens is 318 g/mol. The normalized spacial score (nSPS) is 19.9. The molecule has 128 valence electrons. The van der Waals surface area contributed by atoms with Crippen molar-refractivity contribution in [1.29, 1.82) is 0 Å². The van der Waals surface area contributed by atoms with Gasteiger partial charge in [0.2, 0.25) is 0 Å². The maximum absolute atomic E-state index is 12.5. The van der Waals surface area contributed by atoms with Gasteiger partial charge in [-0.3, -0.25) is 4.79 Å². The molecule has 1 aromatic heterocycles. The molecular formula is C19H19N3O3. The zero-order valence-corrected chi connectivity index (χ0v) is 13.8. The summed E-state index contributed by atoms with van der Waals surface area (Å²) >= 11 is 0. The van der Waals surface area contributed by atoms with Crippen LogP contribution in [-0.2, 0) is 11.4 Å². The molecule has 1 atom stereocenters. The monoisotopic (exact) mass is 337 g/mol. The van der Waals surface area contributed by atoms with E-state index in [0.717, 1.165) is 24.8 Å². The third-order valence-electron chi connectivity index (χ3n) is 4.64. The third-order valence-corrected chi connectivity index (χ3v) is 4.64. The number of anilines is 1. The molecule has 1 aromatic carbocycles. The molecule has 0 saturated carbocycles. The van der Waals surface area contributed by atoms with E-state index in [2.05, 4.69) is 4.98 Å². The third kappa shape index (κ3) is 2.95. The molecule has 3 amide bonds. The summed E-state index contributed by atoms with van der Waals surface area (Å²) in [7, 11) is 0. The van der Waals surface area contributed by atoms with E-state index >= 15 is 0 Å². The number of carbonyl (C=O) groups excluding carboxylic acids is 2. The van der Waals surface area contributed by atoms with Crippen molar-refractivity contribution < 1.29 is 14.3 Å². The summed E-state index contributed by atoms with van der Waals surface area (Å²) in [5.41, 5.74) is 1.06. The van der Waals surface area contributed by atoms with Crippen LogP contribution in [0.25, 0.3) is 0 Å². The minimum atomic E-state index is -0.322. The maximum atomic E-state index is 12.5. The first-order chi connectivity index (χ1) is 12.2. The van der Waals surface area contributed by atoms with E-state index in [0.29, 0.717) is 24.7 Å². The fourth-order valence-corrected chi connectivity index (χ4v) is 3.33. The summed E-state index contributed by atoms with van der Waals surface area (Å²) in [6.45, 7) is 1.09. The van der Waals surface area contributed by atoms with Crippen LogP contribution in [0.3, 0.4) is 0 Å². The zero-order chi connectivity index (χ0) is 17.2. The van der Waals surface area contributed by atoms with Crippen LogP contribution in [0.5, 0.6) is 5.75 Å². The van der Waals surface area contributed by atoms with Gasteiger partial charge in [0.05, 0.1) is 6.20 Å². The Hall–Kier alpha value is -2.89. The van der Waals surface area contributed by atoms with Crippen molar-refractivity contribution in [3.63, 3.8) is 0 Å². The molecule has 2 saturated heterocycles. The Kier molecular flexibility index (Phi) is 4.09. The molecule has 3 heterocycles. The molecule has 0 bridgehead atoms. The average molecular weight is 337 g/mol. The second-order valence-electron chi connectivity index (χ2n) is 6.29. The molecule has 1 unspecified atom stereocenters. The zero-order valence-electron chi connectivity index (χ0n) is 13.8. The number of imide groups is 1. The van der Waals surface area contributed by atoms with Crippen LogP contribution < -0.4 is 9.64 Å². The molecule has 0 aliphatic carbocycles. The molecule has 6 nitrogen and oxygen atoms in total. The smallest absolute Gasteiger partial charge is 0.333 e. The first-order valence-electron chi connectivity index (χ1n) is 8.51. The fourth-order valence-electron chi connectivity index (χ4n) is 3.33. The predicted octanol–water partition coefficient (Wildman–Crippen LogP) is 2.98. The van der Waals surface area contributed by atoms with Crippen LogP contribution in [0.1, 0.15) is 24.8 Å². The number of aromatic nitrogens is 1. The van der Waals surface area contributed by atoms with E-state index in [1.807, 2.05) is 30.3 Å². The number of fused-ring (bicyclic) bond motifs is 1. The molecule has 0 N–H and O–H groups in total. The summed E-state index contributed by atoms with van der Waals surface area (Å²) in [5.74, 6) is 0.788. The van der Waals surface area contributed by atoms with E-state index in [9.17, 15) is 9.59 Å². The topological polar surface area (TPSA) is 62.7 Å². The van der Waals surface area contributed by atoms with Crippen LogP contribution in [0.15, 0.2) is 48.7 Å². The minimum absolute atomic E-state index is 0.171. The second kappa shape index (κ2) is 6.55. The van der Waals surface area contributed by atoms with E-state index < -0.39 is 0 Å². The number of piperidine rings is 1. The average Bonchev–Trinajstić information content (AvgIpc) is 2.93. The Morgan fingerprint density at radius 2 is 1.92 bits per heavy atom. The first kappa shape index (κ1) is 15.6. The van der Waals surface area contributed by atoms with Gasteiger partial charge in [0.1, 0.15) is 24.2 Å². The summed E-state index contributed by atoms with van der Waals surface area (Å²) in [4.78, 5) is 32.2. The number of urea groups is 1. The highest BCUT2D eigenvalue weighted by Crippen LogP contribution is 2.30. The summed E-state index contributed by atoms with van der Waals surface area (Å²) in [6, 6.07) is 12.7. The Morgan fingerprint density at radius 1 is 1.08 bits per heavy atom. The highest BCUT2D eigenvalue weighted by Gasteiger charge is 2.47. The highest BCUT2D eigenvalue weighted by atomic mass is 16.5. The van der Waals surface area contributed by atoms with E-state index in [-0.39, 0.29) is 18.0 Å². The molecule has 0 radical (unpaired) electrons. The lowest BCUT2D eigenvalue weighted by molar-refractivity contribution is -0.120. The number of benzene rings is 1. The molecule has 2 aromatic rings. The Balaban J connectivity index is 1.46. The van der Waals surface area contributed by atoms with Crippen molar-refractivity contribution in [3.05, 3.63) is 54.2 Å². The van der Waals surface area contributed by atoms with Crippen LogP contribution in [0, 0.1) is 0 Å². The van der Waals surface area contributed by atoms with Gasteiger partial charge in [0.25, 0.3) is 5.91 Å². The Morgan fingerprint density at radius 3 is 2.64 bits per heavy atom. The van der Waals surface area contributed by atoms with Crippen LogP contribution in [0.2, 0.25) is 0 Å². The van der Waals surface area contributed by atoms with Crippen molar-refractivity contribution in [2.24, 2.45) is 0 Å². The molecule has 2 aliphatic rings. The molecule has 4 rings (SSSR count). The Labute approximate surface area is 146 Å². The molecule has 2 aliphatic heterocycles. The van der Waals surface area contributed by atoms with Gasteiger partial charge in [-0.15, -0.1) is 0 Å². The largest absolute Gasteiger partial charge is 0.487 e. The van der Waals surface area contributed by atoms with Crippen molar-refractivity contribution in [3.8, 4) is 5.75 Å². The van der Waals surface area contributed by atoms with Gasteiger partial charge < -0.3 is 9.64 Å². The van der Waals surface area contributed by atoms with Gasteiger partial charge in [0, 0.05) is 6.54 Å². The number of hydrogen-bond donors (Lipinski definition) is 0. The van der Waals surface area contributed by atoms with E-state index in [4.69, 9.17) is 4.74 Å². The minimum Gasteiger partial charge on any atom is -0.487 e. The number of amides is 3. The quantitative estimate of drug-likeness (QED) is 0.805. The molecule has 25 heavy (non-hydrogen) atoms. The standard InChI is InChI=1S/C19H19N3O3/c23-18-16-8-4-5-11-21(16)19(24)22(18)17-10-9-15(12-20-17)25-13-14-6-2-1-3-7-14/h1-3,6-7,9-10,12,16H,4-5,8,11,13H2. The number of nitrogens with zero attached hydrogens (tertiary/aromatic N) is 3. The van der Waals surface area contributed by atoms with Crippen LogP contribution >= 0.6 is 0 Å². The lowest BCUT2D eigenvalue weighted by atomic mass is 10.0. The molecule has 0 spiro atoms. The summed E-state index contributed by atoms with van der Waals surface area (Å²) in [6.07, 6.45) is 4.21. The van der Waals surface area contributed by atoms with Crippen LogP contribution in [-0.4, -0.2) is 34.4 Å². The van der Waals surface area contributed by atoms with Crippen molar-refractivity contribution >= 4 is 17.8 Å². The van der Waals surface area contributed by atoms with Gasteiger partial charge in [-0.1, -0.05) is 30.3 Å². The molecule has 6 heteroatoms. The SMILES string of the molecule is O=C1C2CCCCN2C(=O)N1c1ccc(OCc2ccccc2)cn1. The summed E-state index contributed by atoms with van der Waals surface area (Å²) in [5, 5.41) is 0.